The molecule has 0 radical (unpaired) electrons. The highest BCUT2D eigenvalue weighted by atomic mass is 16.3. The molecule has 1 heteroatoms. The molecule has 18 heavy (non-hydrogen) atoms. The van der Waals surface area contributed by atoms with Crippen LogP contribution < -0.4 is 0 Å². The van der Waals surface area contributed by atoms with Gasteiger partial charge in [0.25, 0.3) is 0 Å². The Morgan fingerprint density at radius 3 is 2.33 bits per heavy atom. The first-order valence-corrected chi connectivity index (χ1v) is 7.47. The summed E-state index contributed by atoms with van der Waals surface area (Å²) in [5, 5.41) is 10.5. The smallest absolute Gasteiger partial charge is 0.0614 e. The van der Waals surface area contributed by atoms with Gasteiger partial charge in [-0.1, -0.05) is 29.8 Å². The second kappa shape index (κ2) is 3.84. The first-order chi connectivity index (χ1) is 8.74. The first kappa shape index (κ1) is 11.0. The molecule has 3 aliphatic carbocycles. The van der Waals surface area contributed by atoms with Crippen LogP contribution in [0.2, 0.25) is 0 Å². The summed E-state index contributed by atoms with van der Waals surface area (Å²) in [7, 11) is 0. The van der Waals surface area contributed by atoms with Crippen LogP contribution in [0.15, 0.2) is 24.3 Å². The van der Waals surface area contributed by atoms with E-state index in [1.165, 1.54) is 30.4 Å². The topological polar surface area (TPSA) is 20.2 Å². The van der Waals surface area contributed by atoms with E-state index in [9.17, 15) is 5.11 Å². The number of aliphatic hydroxyl groups is 1. The van der Waals surface area contributed by atoms with Gasteiger partial charge in [0.05, 0.1) is 6.10 Å². The number of benzene rings is 1. The summed E-state index contributed by atoms with van der Waals surface area (Å²) < 4.78 is 0. The molecule has 0 aromatic heterocycles. The lowest BCUT2D eigenvalue weighted by atomic mass is 9.95. The molecule has 0 saturated heterocycles. The van der Waals surface area contributed by atoms with Gasteiger partial charge in [-0.3, -0.25) is 0 Å². The summed E-state index contributed by atoms with van der Waals surface area (Å²) in [5.74, 6) is 4.36. The highest BCUT2D eigenvalue weighted by Crippen LogP contribution is 2.70. The molecule has 3 saturated carbocycles. The maximum Gasteiger partial charge on any atom is 0.0614 e. The summed E-state index contributed by atoms with van der Waals surface area (Å²) in [6.07, 6.45) is 5.13. The molecule has 0 heterocycles. The van der Waals surface area contributed by atoms with E-state index in [2.05, 4.69) is 31.2 Å². The quantitative estimate of drug-likeness (QED) is 0.863. The van der Waals surface area contributed by atoms with Crippen molar-refractivity contribution in [1.82, 2.24) is 0 Å². The van der Waals surface area contributed by atoms with Crippen molar-refractivity contribution < 1.29 is 5.11 Å². The van der Waals surface area contributed by atoms with Gasteiger partial charge in [-0.2, -0.15) is 0 Å². The second-order valence-corrected chi connectivity index (χ2v) is 6.82. The number of hydrogen-bond acceptors (Lipinski definition) is 1. The minimum Gasteiger partial charge on any atom is -0.392 e. The average molecular weight is 242 g/mol. The largest absolute Gasteiger partial charge is 0.392 e. The molecule has 5 unspecified atom stereocenters. The van der Waals surface area contributed by atoms with Crippen molar-refractivity contribution in [3.05, 3.63) is 35.4 Å². The summed E-state index contributed by atoms with van der Waals surface area (Å²) in [6, 6.07) is 8.65. The van der Waals surface area contributed by atoms with E-state index in [1.807, 2.05) is 0 Å². The fraction of sp³-hybridized carbons (Fsp3) is 0.647. The van der Waals surface area contributed by atoms with E-state index in [0.29, 0.717) is 5.92 Å². The third-order valence-corrected chi connectivity index (χ3v) is 5.80. The zero-order valence-electron chi connectivity index (χ0n) is 11.0. The van der Waals surface area contributed by atoms with Gasteiger partial charge >= 0.3 is 0 Å². The van der Waals surface area contributed by atoms with Gasteiger partial charge in [0.15, 0.2) is 0 Å². The van der Waals surface area contributed by atoms with Crippen molar-refractivity contribution in [2.45, 2.75) is 38.7 Å². The van der Waals surface area contributed by atoms with E-state index in [1.54, 1.807) is 0 Å². The molecule has 2 bridgehead atoms. The van der Waals surface area contributed by atoms with Gasteiger partial charge in [-0.15, -0.1) is 0 Å². The summed E-state index contributed by atoms with van der Waals surface area (Å²) in [5.41, 5.74) is 2.60. The van der Waals surface area contributed by atoms with Gasteiger partial charge in [0.2, 0.25) is 0 Å². The standard InChI is InChI=1S/C17H22O/c1-10-2-4-11(5-3-10)8-14(18)17-15-12-6-7-13(9-12)16(15)17/h2-5,12-18H,6-9H2,1H3. The van der Waals surface area contributed by atoms with Crippen molar-refractivity contribution in [2.24, 2.45) is 29.6 Å². The molecule has 3 aliphatic rings. The van der Waals surface area contributed by atoms with Crippen molar-refractivity contribution in [3.8, 4) is 0 Å². The van der Waals surface area contributed by atoms with Crippen LogP contribution in [0.5, 0.6) is 0 Å². The van der Waals surface area contributed by atoms with Crippen LogP contribution in [-0.2, 0) is 6.42 Å². The number of aliphatic hydroxyl groups excluding tert-OH is 1. The Morgan fingerprint density at radius 2 is 1.72 bits per heavy atom. The molecular weight excluding hydrogens is 220 g/mol. The zero-order valence-corrected chi connectivity index (χ0v) is 11.0. The molecule has 1 nitrogen and oxygen atoms in total. The van der Waals surface area contributed by atoms with Crippen LogP contribution in [0.25, 0.3) is 0 Å². The van der Waals surface area contributed by atoms with E-state index in [0.717, 1.165) is 30.1 Å². The second-order valence-electron chi connectivity index (χ2n) is 6.82. The minimum absolute atomic E-state index is 0.0916. The molecule has 0 spiro atoms. The monoisotopic (exact) mass is 242 g/mol. The zero-order chi connectivity index (χ0) is 12.3. The SMILES string of the molecule is Cc1ccc(CC(O)C2C3C4CCC(C4)C23)cc1. The van der Waals surface area contributed by atoms with E-state index in [4.69, 9.17) is 0 Å². The normalized spacial score (nSPS) is 41.8. The van der Waals surface area contributed by atoms with Crippen LogP contribution in [0.3, 0.4) is 0 Å². The molecule has 1 aromatic carbocycles. The fourth-order valence-corrected chi connectivity index (χ4v) is 5.01. The van der Waals surface area contributed by atoms with E-state index >= 15 is 0 Å². The predicted molar refractivity (Wildman–Crippen MR) is 72.2 cm³/mol. The Kier molecular flexibility index (Phi) is 2.35. The molecule has 0 aliphatic heterocycles. The van der Waals surface area contributed by atoms with Gasteiger partial charge < -0.3 is 5.11 Å². The molecule has 5 atom stereocenters. The number of hydrogen-bond donors (Lipinski definition) is 1. The summed E-state index contributed by atoms with van der Waals surface area (Å²) in [4.78, 5) is 0. The van der Waals surface area contributed by atoms with Crippen molar-refractivity contribution in [1.29, 1.82) is 0 Å². The van der Waals surface area contributed by atoms with Crippen molar-refractivity contribution in [2.75, 3.05) is 0 Å². The maximum atomic E-state index is 10.5. The van der Waals surface area contributed by atoms with Crippen LogP contribution in [0, 0.1) is 36.5 Å². The van der Waals surface area contributed by atoms with Crippen LogP contribution in [0.4, 0.5) is 0 Å². The number of aryl methyl sites for hydroxylation is 1. The lowest BCUT2D eigenvalue weighted by Gasteiger charge is -2.15. The lowest BCUT2D eigenvalue weighted by molar-refractivity contribution is 0.128. The Morgan fingerprint density at radius 1 is 1.11 bits per heavy atom. The fourth-order valence-electron chi connectivity index (χ4n) is 5.01. The Labute approximate surface area is 109 Å². The lowest BCUT2D eigenvalue weighted by Crippen LogP contribution is -2.18. The van der Waals surface area contributed by atoms with Crippen LogP contribution in [-0.4, -0.2) is 11.2 Å². The minimum atomic E-state index is -0.0916. The molecule has 0 amide bonds. The average Bonchev–Trinajstić information content (AvgIpc) is 2.82. The van der Waals surface area contributed by atoms with E-state index < -0.39 is 0 Å². The summed E-state index contributed by atoms with van der Waals surface area (Å²) >= 11 is 0. The van der Waals surface area contributed by atoms with Crippen LogP contribution in [0.1, 0.15) is 30.4 Å². The van der Waals surface area contributed by atoms with Gasteiger partial charge in [-0.25, -0.2) is 0 Å². The van der Waals surface area contributed by atoms with Crippen molar-refractivity contribution >= 4 is 0 Å². The molecular formula is C17H22O. The molecule has 1 N–H and O–H groups in total. The van der Waals surface area contributed by atoms with E-state index in [-0.39, 0.29) is 6.10 Å². The predicted octanol–water partition coefficient (Wildman–Crippen LogP) is 3.19. The maximum absolute atomic E-state index is 10.5. The third-order valence-electron chi connectivity index (χ3n) is 5.80. The summed E-state index contributed by atoms with van der Waals surface area (Å²) in [6.45, 7) is 2.11. The molecule has 96 valence electrons. The molecule has 4 rings (SSSR count). The third kappa shape index (κ3) is 1.56. The highest BCUT2D eigenvalue weighted by molar-refractivity contribution is 5.23. The Bertz CT molecular complexity index is 433. The van der Waals surface area contributed by atoms with Crippen molar-refractivity contribution in [3.63, 3.8) is 0 Å². The first-order valence-electron chi connectivity index (χ1n) is 7.47. The Hall–Kier alpha value is -0.820. The van der Waals surface area contributed by atoms with Gasteiger partial charge in [0, 0.05) is 0 Å². The molecule has 3 fully saturated rings. The molecule has 1 aromatic rings. The van der Waals surface area contributed by atoms with Gasteiger partial charge in [-0.05, 0) is 67.8 Å². The number of rotatable bonds is 3. The number of fused-ring (bicyclic) bond motifs is 5. The van der Waals surface area contributed by atoms with Gasteiger partial charge in [0.1, 0.15) is 0 Å². The highest BCUT2D eigenvalue weighted by Gasteiger charge is 2.66. The Balaban J connectivity index is 1.43. The van der Waals surface area contributed by atoms with Crippen LogP contribution >= 0.6 is 0 Å².